The molecule has 0 aliphatic heterocycles. The zero-order valence-corrected chi connectivity index (χ0v) is 19.0. The van der Waals surface area contributed by atoms with Crippen molar-refractivity contribution in [3.05, 3.63) is 115 Å². The number of hydrogen-bond donors (Lipinski definition) is 0. The third-order valence-corrected chi connectivity index (χ3v) is 7.37. The molecule has 0 N–H and O–H groups in total. The second-order valence-corrected chi connectivity index (χ2v) is 9.37. The van der Waals surface area contributed by atoms with Crippen LogP contribution in [0.3, 0.4) is 0 Å². The Balaban J connectivity index is 1.48. The quantitative estimate of drug-likeness (QED) is 0.270. The summed E-state index contributed by atoms with van der Waals surface area (Å²) in [6, 6.07) is 38.3. The van der Waals surface area contributed by atoms with E-state index in [0.717, 1.165) is 33.0 Å². The minimum Gasteiger partial charge on any atom is -0.309 e. The van der Waals surface area contributed by atoms with E-state index in [9.17, 15) is 0 Å². The van der Waals surface area contributed by atoms with Gasteiger partial charge in [0.05, 0.1) is 26.9 Å². The van der Waals surface area contributed by atoms with Crippen LogP contribution in [0.25, 0.3) is 59.5 Å². The maximum absolute atomic E-state index is 4.90. The maximum atomic E-state index is 4.90. The summed E-state index contributed by atoms with van der Waals surface area (Å²) in [5.74, 6) is 0. The van der Waals surface area contributed by atoms with Gasteiger partial charge in [-0.1, -0.05) is 60.7 Å². The molecular weight excluding hydrogens is 434 g/mol. The van der Waals surface area contributed by atoms with E-state index in [1.807, 2.05) is 24.4 Å². The topological polar surface area (TPSA) is 30.7 Å². The van der Waals surface area contributed by atoms with E-state index in [1.54, 1.807) is 11.3 Å². The van der Waals surface area contributed by atoms with E-state index in [-0.39, 0.29) is 0 Å². The highest BCUT2D eigenvalue weighted by molar-refractivity contribution is 7.21. The average molecular weight is 454 g/mol. The van der Waals surface area contributed by atoms with Gasteiger partial charge in [0.25, 0.3) is 0 Å². The summed E-state index contributed by atoms with van der Waals surface area (Å²) in [4.78, 5) is 9.46. The largest absolute Gasteiger partial charge is 0.309 e. The lowest BCUT2D eigenvalue weighted by molar-refractivity contribution is 1.18. The van der Waals surface area contributed by atoms with Crippen molar-refractivity contribution in [2.45, 2.75) is 0 Å². The standard InChI is InChI=1S/C30H19N3S/c1-3-13-27-23(10-1)24-16-15-21(30-32-26-12-2-4-14-29(26)34-30)19-28(24)33(27)22-9-7-8-20(18-22)25-11-5-6-17-31-25/h1-19H. The van der Waals surface area contributed by atoms with E-state index < -0.39 is 0 Å². The smallest absolute Gasteiger partial charge is 0.124 e. The highest BCUT2D eigenvalue weighted by Crippen LogP contribution is 2.37. The fourth-order valence-corrected chi connectivity index (χ4v) is 5.68. The van der Waals surface area contributed by atoms with Gasteiger partial charge >= 0.3 is 0 Å². The van der Waals surface area contributed by atoms with E-state index in [2.05, 4.69) is 101 Å². The molecule has 0 radical (unpaired) electrons. The Kier molecular flexibility index (Phi) is 4.32. The van der Waals surface area contributed by atoms with Crippen molar-refractivity contribution in [1.82, 2.24) is 14.5 Å². The number of para-hydroxylation sites is 2. The Labute approximate surface area is 200 Å². The zero-order valence-electron chi connectivity index (χ0n) is 18.2. The summed E-state index contributed by atoms with van der Waals surface area (Å²) in [5.41, 5.74) is 7.75. The lowest BCUT2D eigenvalue weighted by Crippen LogP contribution is -1.95. The zero-order chi connectivity index (χ0) is 22.5. The van der Waals surface area contributed by atoms with Gasteiger partial charge in [0, 0.05) is 33.8 Å². The molecule has 0 unspecified atom stereocenters. The van der Waals surface area contributed by atoms with Crippen molar-refractivity contribution < 1.29 is 0 Å². The number of rotatable bonds is 3. The molecule has 0 spiro atoms. The van der Waals surface area contributed by atoms with Gasteiger partial charge in [0.1, 0.15) is 5.01 Å². The van der Waals surface area contributed by atoms with Crippen LogP contribution in [-0.4, -0.2) is 14.5 Å². The van der Waals surface area contributed by atoms with Gasteiger partial charge in [-0.15, -0.1) is 11.3 Å². The number of aromatic nitrogens is 3. The van der Waals surface area contributed by atoms with Gasteiger partial charge in [-0.05, 0) is 48.5 Å². The molecule has 160 valence electrons. The van der Waals surface area contributed by atoms with Gasteiger partial charge in [-0.3, -0.25) is 4.98 Å². The van der Waals surface area contributed by atoms with Gasteiger partial charge in [-0.25, -0.2) is 4.98 Å². The third-order valence-electron chi connectivity index (χ3n) is 6.28. The molecule has 7 rings (SSSR count). The molecule has 0 bridgehead atoms. The van der Waals surface area contributed by atoms with Crippen molar-refractivity contribution in [1.29, 1.82) is 0 Å². The van der Waals surface area contributed by atoms with Crippen LogP contribution in [-0.2, 0) is 0 Å². The molecule has 0 fully saturated rings. The molecule has 4 heteroatoms. The van der Waals surface area contributed by atoms with Crippen LogP contribution in [0.15, 0.2) is 115 Å². The molecule has 3 heterocycles. The van der Waals surface area contributed by atoms with Crippen molar-refractivity contribution in [2.75, 3.05) is 0 Å². The lowest BCUT2D eigenvalue weighted by Gasteiger charge is -2.10. The number of fused-ring (bicyclic) bond motifs is 4. The van der Waals surface area contributed by atoms with Gasteiger partial charge < -0.3 is 4.57 Å². The van der Waals surface area contributed by atoms with E-state index in [0.29, 0.717) is 0 Å². The minimum absolute atomic E-state index is 0.972. The van der Waals surface area contributed by atoms with Crippen LogP contribution in [0.2, 0.25) is 0 Å². The third kappa shape index (κ3) is 3.04. The van der Waals surface area contributed by atoms with Crippen molar-refractivity contribution in [2.24, 2.45) is 0 Å². The number of benzene rings is 4. The number of nitrogens with zero attached hydrogens (tertiary/aromatic N) is 3. The number of thiazole rings is 1. The van der Waals surface area contributed by atoms with Gasteiger partial charge in [0.2, 0.25) is 0 Å². The van der Waals surface area contributed by atoms with Crippen molar-refractivity contribution in [3.8, 4) is 27.5 Å². The minimum atomic E-state index is 0.972. The molecule has 0 aliphatic carbocycles. The fourth-order valence-electron chi connectivity index (χ4n) is 4.72. The lowest BCUT2D eigenvalue weighted by atomic mass is 10.1. The average Bonchev–Trinajstić information content (AvgIpc) is 3.48. The number of pyridine rings is 1. The first-order chi connectivity index (χ1) is 16.8. The highest BCUT2D eigenvalue weighted by Gasteiger charge is 2.15. The molecule has 3 aromatic heterocycles. The van der Waals surface area contributed by atoms with Crippen LogP contribution in [0, 0.1) is 0 Å². The molecule has 0 saturated carbocycles. The first kappa shape index (κ1) is 19.2. The Bertz CT molecular complexity index is 1780. The highest BCUT2D eigenvalue weighted by atomic mass is 32.1. The Hall–Kier alpha value is -4.28. The molecule has 7 aromatic rings. The van der Waals surface area contributed by atoms with Crippen LogP contribution >= 0.6 is 11.3 Å². The molecule has 3 nitrogen and oxygen atoms in total. The molecule has 34 heavy (non-hydrogen) atoms. The van der Waals surface area contributed by atoms with Crippen LogP contribution in [0.4, 0.5) is 0 Å². The SMILES string of the molecule is c1ccc(-c2cccc(-n3c4ccccc4c4ccc(-c5nc6ccccc6s5)cc43)c2)nc1. The summed E-state index contributed by atoms with van der Waals surface area (Å²) in [7, 11) is 0. The Morgan fingerprint density at radius 3 is 2.38 bits per heavy atom. The Morgan fingerprint density at radius 1 is 0.618 bits per heavy atom. The molecule has 0 saturated heterocycles. The second kappa shape index (κ2) is 7.65. The van der Waals surface area contributed by atoms with Crippen molar-refractivity contribution >= 4 is 43.4 Å². The summed E-state index contributed by atoms with van der Waals surface area (Å²) in [5, 5.41) is 3.53. The number of hydrogen-bond acceptors (Lipinski definition) is 3. The molecule has 4 aromatic carbocycles. The molecular formula is C30H19N3S. The second-order valence-electron chi connectivity index (χ2n) is 8.34. The van der Waals surface area contributed by atoms with Crippen molar-refractivity contribution in [3.63, 3.8) is 0 Å². The monoisotopic (exact) mass is 453 g/mol. The normalized spacial score (nSPS) is 11.5. The summed E-state index contributed by atoms with van der Waals surface area (Å²) >= 11 is 1.74. The van der Waals surface area contributed by atoms with E-state index >= 15 is 0 Å². The summed E-state index contributed by atoms with van der Waals surface area (Å²) in [6.07, 6.45) is 1.84. The van der Waals surface area contributed by atoms with E-state index in [4.69, 9.17) is 4.98 Å². The molecule has 0 atom stereocenters. The van der Waals surface area contributed by atoms with Gasteiger partial charge in [-0.2, -0.15) is 0 Å². The molecule has 0 aliphatic rings. The fraction of sp³-hybridized carbons (Fsp3) is 0. The van der Waals surface area contributed by atoms with E-state index in [1.165, 1.54) is 26.5 Å². The Morgan fingerprint density at radius 2 is 1.47 bits per heavy atom. The maximum Gasteiger partial charge on any atom is 0.124 e. The predicted octanol–water partition coefficient (Wildman–Crippen LogP) is 8.12. The summed E-state index contributed by atoms with van der Waals surface area (Å²) in [6.45, 7) is 0. The van der Waals surface area contributed by atoms with Gasteiger partial charge in [0.15, 0.2) is 0 Å². The molecule has 0 amide bonds. The predicted molar refractivity (Wildman–Crippen MR) is 143 cm³/mol. The van der Waals surface area contributed by atoms with Crippen LogP contribution in [0.1, 0.15) is 0 Å². The summed E-state index contributed by atoms with van der Waals surface area (Å²) < 4.78 is 3.56. The first-order valence-corrected chi connectivity index (χ1v) is 12.1. The van der Waals surface area contributed by atoms with Crippen LogP contribution in [0.5, 0.6) is 0 Å². The first-order valence-electron chi connectivity index (χ1n) is 11.3. The van der Waals surface area contributed by atoms with Crippen LogP contribution < -0.4 is 0 Å².